The van der Waals surface area contributed by atoms with Crippen LogP contribution in [0, 0.1) is 5.92 Å². The van der Waals surface area contributed by atoms with Gasteiger partial charge in [-0.2, -0.15) is 5.10 Å². The van der Waals surface area contributed by atoms with Gasteiger partial charge in [0.1, 0.15) is 6.54 Å². The lowest BCUT2D eigenvalue weighted by atomic mass is 9.75. The molecule has 1 atom stereocenters. The summed E-state index contributed by atoms with van der Waals surface area (Å²) in [4.78, 5) is 16.9. The van der Waals surface area contributed by atoms with Gasteiger partial charge < -0.3 is 15.2 Å². The average molecular weight is 366 g/mol. The van der Waals surface area contributed by atoms with Gasteiger partial charge in [-0.25, -0.2) is 4.98 Å². The summed E-state index contributed by atoms with van der Waals surface area (Å²) in [7, 11) is 1.57. The van der Waals surface area contributed by atoms with Gasteiger partial charge in [-0.15, -0.1) is 0 Å². The normalized spacial score (nSPS) is 20.1. The molecule has 7 nitrogen and oxygen atoms in total. The number of aromatic nitrogens is 3. The molecule has 1 amide bonds. The van der Waals surface area contributed by atoms with Crippen LogP contribution >= 0.6 is 0 Å². The van der Waals surface area contributed by atoms with Gasteiger partial charge in [0.15, 0.2) is 0 Å². The fourth-order valence-corrected chi connectivity index (χ4v) is 3.53. The van der Waals surface area contributed by atoms with E-state index in [1.807, 2.05) is 36.5 Å². The molecule has 27 heavy (non-hydrogen) atoms. The minimum Gasteiger partial charge on any atom is -0.481 e. The molecule has 2 heterocycles. The third-order valence-corrected chi connectivity index (χ3v) is 5.03. The Morgan fingerprint density at radius 3 is 2.81 bits per heavy atom. The first-order valence-corrected chi connectivity index (χ1v) is 9.02. The van der Waals surface area contributed by atoms with Crippen LogP contribution in [-0.2, 0) is 11.3 Å². The standard InChI is InChI=1S/C20H22N4O3/c1-27-19-7-6-13(10-21-19)20(15-8-16(25)9-15)22-18(26)12-24-11-14-4-2-3-5-17(14)23-24/h2-7,10-11,15-16,20,25H,8-9,12H2,1H3,(H,22,26)/t15?,16?,20-/m1/s1. The Morgan fingerprint density at radius 2 is 2.15 bits per heavy atom. The SMILES string of the molecule is COc1ccc([C@@H](NC(=O)Cn2cc3ccccc3n2)C2CC(O)C2)cn1. The van der Waals surface area contributed by atoms with Crippen LogP contribution in [0.2, 0.25) is 0 Å². The number of pyridine rings is 1. The van der Waals surface area contributed by atoms with E-state index >= 15 is 0 Å². The molecule has 0 spiro atoms. The quantitative estimate of drug-likeness (QED) is 0.697. The van der Waals surface area contributed by atoms with E-state index in [9.17, 15) is 9.90 Å². The molecular formula is C20H22N4O3. The highest BCUT2D eigenvalue weighted by Crippen LogP contribution is 2.38. The number of nitrogens with one attached hydrogen (secondary N) is 1. The number of ether oxygens (including phenoxy) is 1. The number of methoxy groups -OCH3 is 1. The summed E-state index contributed by atoms with van der Waals surface area (Å²) < 4.78 is 6.76. The molecule has 0 aliphatic heterocycles. The zero-order chi connectivity index (χ0) is 18.8. The molecule has 4 rings (SSSR count). The van der Waals surface area contributed by atoms with Crippen LogP contribution in [-0.4, -0.2) is 39.0 Å². The Morgan fingerprint density at radius 1 is 1.33 bits per heavy atom. The van der Waals surface area contributed by atoms with E-state index in [-0.39, 0.29) is 30.5 Å². The lowest BCUT2D eigenvalue weighted by molar-refractivity contribution is -0.123. The number of benzene rings is 1. The predicted molar refractivity (Wildman–Crippen MR) is 100 cm³/mol. The maximum atomic E-state index is 12.6. The van der Waals surface area contributed by atoms with Gasteiger partial charge in [0.05, 0.1) is 24.8 Å². The van der Waals surface area contributed by atoms with Crippen LogP contribution in [0.3, 0.4) is 0 Å². The van der Waals surface area contributed by atoms with Crippen LogP contribution in [0.4, 0.5) is 0 Å². The van der Waals surface area contributed by atoms with Gasteiger partial charge in [0.25, 0.3) is 0 Å². The van der Waals surface area contributed by atoms with E-state index in [1.165, 1.54) is 0 Å². The monoisotopic (exact) mass is 366 g/mol. The summed E-state index contributed by atoms with van der Waals surface area (Å²) in [6, 6.07) is 11.3. The first-order chi connectivity index (χ1) is 13.1. The van der Waals surface area contributed by atoms with Crippen molar-refractivity contribution in [1.29, 1.82) is 0 Å². The van der Waals surface area contributed by atoms with E-state index < -0.39 is 0 Å². The largest absolute Gasteiger partial charge is 0.481 e. The summed E-state index contributed by atoms with van der Waals surface area (Å²) in [5.74, 6) is 0.599. The smallest absolute Gasteiger partial charge is 0.242 e. The molecule has 7 heteroatoms. The molecule has 140 valence electrons. The number of hydrogen-bond acceptors (Lipinski definition) is 5. The van der Waals surface area contributed by atoms with Gasteiger partial charge in [-0.05, 0) is 30.4 Å². The lowest BCUT2D eigenvalue weighted by Gasteiger charge is -2.38. The highest BCUT2D eigenvalue weighted by molar-refractivity contribution is 5.80. The Labute approximate surface area is 157 Å². The summed E-state index contributed by atoms with van der Waals surface area (Å²) in [6.45, 7) is 0.143. The van der Waals surface area contributed by atoms with E-state index in [2.05, 4.69) is 15.4 Å². The Kier molecular flexibility index (Phi) is 4.77. The zero-order valence-electron chi connectivity index (χ0n) is 15.1. The second kappa shape index (κ2) is 7.36. The topological polar surface area (TPSA) is 89.3 Å². The maximum Gasteiger partial charge on any atom is 0.242 e. The van der Waals surface area contributed by atoms with Crippen LogP contribution in [0.15, 0.2) is 48.8 Å². The first kappa shape index (κ1) is 17.5. The minimum absolute atomic E-state index is 0.120. The Bertz CT molecular complexity index is 899. The van der Waals surface area contributed by atoms with Crippen molar-refractivity contribution in [3.05, 3.63) is 54.4 Å². The van der Waals surface area contributed by atoms with Crippen molar-refractivity contribution in [3.63, 3.8) is 0 Å². The highest BCUT2D eigenvalue weighted by atomic mass is 16.5. The van der Waals surface area contributed by atoms with Gasteiger partial charge >= 0.3 is 0 Å². The minimum atomic E-state index is -0.294. The molecule has 2 N–H and O–H groups in total. The second-order valence-corrected chi connectivity index (χ2v) is 6.95. The highest BCUT2D eigenvalue weighted by Gasteiger charge is 2.35. The van der Waals surface area contributed by atoms with Crippen molar-refractivity contribution in [2.24, 2.45) is 5.92 Å². The molecule has 0 saturated heterocycles. The third-order valence-electron chi connectivity index (χ3n) is 5.03. The average Bonchev–Trinajstić information content (AvgIpc) is 3.06. The number of fused-ring (bicyclic) bond motifs is 1. The molecule has 0 unspecified atom stereocenters. The summed E-state index contributed by atoms with van der Waals surface area (Å²) in [5.41, 5.74) is 1.77. The Hall–Kier alpha value is -2.93. The van der Waals surface area contributed by atoms with Crippen LogP contribution < -0.4 is 10.1 Å². The second-order valence-electron chi connectivity index (χ2n) is 6.95. The molecular weight excluding hydrogens is 344 g/mol. The van der Waals surface area contributed by atoms with E-state index in [0.29, 0.717) is 18.7 Å². The molecule has 2 aromatic heterocycles. The molecule has 0 radical (unpaired) electrons. The molecule has 0 bridgehead atoms. The number of nitrogens with zero attached hydrogens (tertiary/aromatic N) is 3. The van der Waals surface area contributed by atoms with Crippen molar-refractivity contribution in [1.82, 2.24) is 20.1 Å². The van der Waals surface area contributed by atoms with Gasteiger partial charge in [0.2, 0.25) is 11.8 Å². The van der Waals surface area contributed by atoms with Crippen LogP contribution in [0.1, 0.15) is 24.4 Å². The predicted octanol–water partition coefficient (Wildman–Crippen LogP) is 2.07. The fourth-order valence-electron chi connectivity index (χ4n) is 3.53. The van der Waals surface area contributed by atoms with Crippen molar-refractivity contribution in [2.45, 2.75) is 31.5 Å². The number of hydrogen-bond donors (Lipinski definition) is 2. The van der Waals surface area contributed by atoms with Crippen molar-refractivity contribution in [3.8, 4) is 5.88 Å². The molecule has 3 aromatic rings. The third kappa shape index (κ3) is 3.78. The van der Waals surface area contributed by atoms with E-state index in [1.54, 1.807) is 24.1 Å². The van der Waals surface area contributed by atoms with Crippen LogP contribution in [0.5, 0.6) is 5.88 Å². The van der Waals surface area contributed by atoms with E-state index in [4.69, 9.17) is 4.74 Å². The number of amides is 1. The molecule has 1 fully saturated rings. The van der Waals surface area contributed by atoms with Crippen molar-refractivity contribution < 1.29 is 14.6 Å². The number of rotatable bonds is 6. The fraction of sp³-hybridized carbons (Fsp3) is 0.350. The zero-order valence-corrected chi connectivity index (χ0v) is 15.1. The summed E-state index contributed by atoms with van der Waals surface area (Å²) >= 11 is 0. The van der Waals surface area contributed by atoms with Crippen molar-refractivity contribution >= 4 is 16.8 Å². The molecule has 1 aliphatic rings. The van der Waals surface area contributed by atoms with Gasteiger partial charge in [-0.3, -0.25) is 9.48 Å². The van der Waals surface area contributed by atoms with Gasteiger partial charge in [0, 0.05) is 23.8 Å². The Balaban J connectivity index is 1.48. The van der Waals surface area contributed by atoms with Gasteiger partial charge in [-0.1, -0.05) is 24.3 Å². The maximum absolute atomic E-state index is 12.6. The molecule has 1 aromatic carbocycles. The number of carbonyl (C=O) groups is 1. The first-order valence-electron chi connectivity index (χ1n) is 9.02. The summed E-state index contributed by atoms with van der Waals surface area (Å²) in [6.07, 6.45) is 4.63. The van der Waals surface area contributed by atoms with Crippen molar-refractivity contribution in [2.75, 3.05) is 7.11 Å². The summed E-state index contributed by atoms with van der Waals surface area (Å²) in [5, 5.41) is 18.2. The molecule has 1 aliphatic carbocycles. The molecule has 1 saturated carbocycles. The van der Waals surface area contributed by atoms with E-state index in [0.717, 1.165) is 16.5 Å². The van der Waals surface area contributed by atoms with Crippen LogP contribution in [0.25, 0.3) is 10.9 Å². The number of carbonyl (C=O) groups excluding carboxylic acids is 1. The number of aliphatic hydroxyl groups excluding tert-OH is 1. The lowest BCUT2D eigenvalue weighted by Crippen LogP contribution is -2.42. The number of aliphatic hydroxyl groups is 1.